The van der Waals surface area contributed by atoms with Crippen LogP contribution in [-0.2, 0) is 4.79 Å². The molecule has 0 fully saturated rings. The number of rotatable bonds is 51. The van der Waals surface area contributed by atoms with Crippen LogP contribution in [0.2, 0.25) is 0 Å². The van der Waals surface area contributed by atoms with Crippen LogP contribution in [0.4, 0.5) is 0 Å². The van der Waals surface area contributed by atoms with Crippen molar-refractivity contribution in [3.8, 4) is 0 Å². The first-order chi connectivity index (χ1) is 32.0. The van der Waals surface area contributed by atoms with Gasteiger partial charge in [-0.15, -0.1) is 0 Å². The lowest BCUT2D eigenvalue weighted by Crippen LogP contribution is -2.53. The Bertz CT molecular complexity index is 1110. The van der Waals surface area contributed by atoms with Crippen molar-refractivity contribution in [2.75, 3.05) is 6.61 Å². The summed E-state index contributed by atoms with van der Waals surface area (Å²) in [6.07, 6.45) is 68.7. The van der Waals surface area contributed by atoms with Crippen molar-refractivity contribution in [2.45, 2.75) is 301 Å². The molecule has 0 bridgehead atoms. The van der Waals surface area contributed by atoms with Crippen molar-refractivity contribution in [3.05, 3.63) is 60.8 Å². The number of hydrogen-bond acceptors (Lipinski definition) is 5. The number of aliphatic hydroxyl groups excluding tert-OH is 4. The number of carbonyl (C=O) groups excluding carboxylic acids is 1. The standard InChI is InChI=1S/C59H109NO5/c1-3-5-7-9-11-13-15-17-19-20-21-22-23-24-25-26-27-28-29-30-31-32-33-34-35-36-37-39-41-43-45-47-49-51-53-57(63)59(65)60-55(54-61)58(64)56(62)52-50-48-46-44-42-40-38-18-16-14-12-10-8-6-4-2/h10,12,18,23-24,26-27,38,44,46,55-58,61-64H,3-9,11,13-17,19-22,25,28-37,39-43,45,47-54H2,1-2H3,(H,60,65)/b12-10+,24-23-,27-26-,38-18+,46-44+. The Labute approximate surface area is 403 Å². The first-order valence-corrected chi connectivity index (χ1v) is 28.2. The third-order valence-electron chi connectivity index (χ3n) is 12.9. The summed E-state index contributed by atoms with van der Waals surface area (Å²) >= 11 is 0. The summed E-state index contributed by atoms with van der Waals surface area (Å²) in [4.78, 5) is 12.6. The Morgan fingerprint density at radius 1 is 0.385 bits per heavy atom. The summed E-state index contributed by atoms with van der Waals surface area (Å²) in [5, 5.41) is 43.8. The van der Waals surface area contributed by atoms with Crippen LogP contribution in [0.5, 0.6) is 0 Å². The first kappa shape index (κ1) is 63.0. The van der Waals surface area contributed by atoms with E-state index in [1.807, 2.05) is 0 Å². The lowest BCUT2D eigenvalue weighted by molar-refractivity contribution is -0.132. The minimum absolute atomic E-state index is 0.357. The summed E-state index contributed by atoms with van der Waals surface area (Å²) in [6, 6.07) is -1.01. The molecule has 65 heavy (non-hydrogen) atoms. The number of aliphatic hydroxyl groups is 4. The van der Waals surface area contributed by atoms with Crippen LogP contribution in [0, 0.1) is 0 Å². The van der Waals surface area contributed by atoms with Crippen molar-refractivity contribution < 1.29 is 25.2 Å². The van der Waals surface area contributed by atoms with Gasteiger partial charge in [0.2, 0.25) is 5.91 Å². The molecule has 4 atom stereocenters. The molecule has 380 valence electrons. The summed E-state index contributed by atoms with van der Waals surface area (Å²) in [5.41, 5.74) is 0. The predicted octanol–water partition coefficient (Wildman–Crippen LogP) is 16.4. The lowest BCUT2D eigenvalue weighted by atomic mass is 10.00. The van der Waals surface area contributed by atoms with Crippen LogP contribution in [-0.4, -0.2) is 57.3 Å². The quantitative estimate of drug-likeness (QED) is 0.0308. The second-order valence-electron chi connectivity index (χ2n) is 19.3. The average molecular weight is 913 g/mol. The van der Waals surface area contributed by atoms with Gasteiger partial charge >= 0.3 is 0 Å². The van der Waals surface area contributed by atoms with Crippen molar-refractivity contribution in [3.63, 3.8) is 0 Å². The number of hydrogen-bond donors (Lipinski definition) is 5. The molecular weight excluding hydrogens is 803 g/mol. The van der Waals surface area contributed by atoms with Gasteiger partial charge in [0.25, 0.3) is 0 Å². The molecule has 0 rings (SSSR count). The van der Waals surface area contributed by atoms with Gasteiger partial charge in [-0.1, -0.05) is 248 Å². The molecule has 0 aromatic heterocycles. The van der Waals surface area contributed by atoms with Crippen LogP contribution < -0.4 is 5.32 Å². The van der Waals surface area contributed by atoms with E-state index in [1.54, 1.807) is 0 Å². The summed E-state index contributed by atoms with van der Waals surface area (Å²) in [5.74, 6) is -0.599. The zero-order valence-electron chi connectivity index (χ0n) is 43.0. The zero-order valence-corrected chi connectivity index (χ0v) is 43.0. The van der Waals surface area contributed by atoms with E-state index in [0.29, 0.717) is 19.3 Å². The third kappa shape index (κ3) is 46.9. The van der Waals surface area contributed by atoms with Crippen molar-refractivity contribution in [1.29, 1.82) is 0 Å². The van der Waals surface area contributed by atoms with Gasteiger partial charge in [0.1, 0.15) is 12.2 Å². The highest BCUT2D eigenvalue weighted by molar-refractivity contribution is 5.80. The van der Waals surface area contributed by atoms with Crippen LogP contribution >= 0.6 is 0 Å². The van der Waals surface area contributed by atoms with Gasteiger partial charge < -0.3 is 25.7 Å². The smallest absolute Gasteiger partial charge is 0.249 e. The van der Waals surface area contributed by atoms with Crippen molar-refractivity contribution >= 4 is 5.91 Å². The molecule has 1 amide bonds. The summed E-state index contributed by atoms with van der Waals surface area (Å²) < 4.78 is 0. The van der Waals surface area contributed by atoms with Gasteiger partial charge in [0.15, 0.2) is 0 Å². The molecule has 6 heteroatoms. The highest BCUT2D eigenvalue weighted by atomic mass is 16.3. The fourth-order valence-corrected chi connectivity index (χ4v) is 8.45. The van der Waals surface area contributed by atoms with E-state index in [4.69, 9.17) is 0 Å². The SMILES string of the molecule is CCCC/C=C/CC/C=C/CC/C=C/CCCC(O)C(O)C(CO)NC(=O)C(O)CCCCCCCCCCCCCCCCCC/C=C\C/C=C\CCCCCCCCCCCCC. The molecule has 0 aromatic rings. The Morgan fingerprint density at radius 2 is 0.708 bits per heavy atom. The average Bonchev–Trinajstić information content (AvgIpc) is 3.31. The zero-order chi connectivity index (χ0) is 47.4. The number of nitrogens with one attached hydrogen (secondary N) is 1. The molecule has 0 aromatic carbocycles. The van der Waals surface area contributed by atoms with Gasteiger partial charge in [-0.3, -0.25) is 4.79 Å². The molecule has 0 saturated heterocycles. The number of carbonyl (C=O) groups is 1. The maximum absolute atomic E-state index is 12.6. The van der Waals surface area contributed by atoms with E-state index in [9.17, 15) is 25.2 Å². The highest BCUT2D eigenvalue weighted by Crippen LogP contribution is 2.17. The molecular formula is C59H109NO5. The number of allylic oxidation sites excluding steroid dienone is 10. The maximum atomic E-state index is 12.6. The van der Waals surface area contributed by atoms with E-state index in [-0.39, 0.29) is 0 Å². The monoisotopic (exact) mass is 912 g/mol. The van der Waals surface area contributed by atoms with Crippen LogP contribution in [0.1, 0.15) is 277 Å². The minimum Gasteiger partial charge on any atom is -0.394 e. The van der Waals surface area contributed by atoms with Gasteiger partial charge in [0, 0.05) is 0 Å². The Kier molecular flexibility index (Phi) is 51.3. The first-order valence-electron chi connectivity index (χ1n) is 28.2. The van der Waals surface area contributed by atoms with Gasteiger partial charge in [-0.05, 0) is 89.9 Å². The molecule has 0 saturated carbocycles. The molecule has 0 radical (unpaired) electrons. The molecule has 0 heterocycles. The van der Waals surface area contributed by atoms with E-state index in [0.717, 1.165) is 57.8 Å². The van der Waals surface area contributed by atoms with Crippen molar-refractivity contribution in [2.24, 2.45) is 0 Å². The Balaban J connectivity index is 3.61. The van der Waals surface area contributed by atoms with E-state index < -0.39 is 36.9 Å². The van der Waals surface area contributed by atoms with Crippen LogP contribution in [0.25, 0.3) is 0 Å². The summed E-state index contributed by atoms with van der Waals surface area (Å²) in [7, 11) is 0. The molecule has 4 unspecified atom stereocenters. The Morgan fingerprint density at radius 3 is 1.11 bits per heavy atom. The number of amides is 1. The molecule has 0 spiro atoms. The second kappa shape index (κ2) is 53.0. The van der Waals surface area contributed by atoms with Gasteiger partial charge in [-0.25, -0.2) is 0 Å². The molecule has 0 aliphatic rings. The maximum Gasteiger partial charge on any atom is 0.249 e. The normalized spacial score (nSPS) is 14.2. The summed E-state index contributed by atoms with van der Waals surface area (Å²) in [6.45, 7) is 4.00. The molecule has 6 nitrogen and oxygen atoms in total. The van der Waals surface area contributed by atoms with E-state index >= 15 is 0 Å². The topological polar surface area (TPSA) is 110 Å². The van der Waals surface area contributed by atoms with Gasteiger partial charge in [-0.2, -0.15) is 0 Å². The molecule has 0 aliphatic carbocycles. The van der Waals surface area contributed by atoms with E-state index in [2.05, 4.69) is 79.9 Å². The predicted molar refractivity (Wildman–Crippen MR) is 283 cm³/mol. The van der Waals surface area contributed by atoms with Crippen molar-refractivity contribution in [1.82, 2.24) is 5.32 Å². The Hall–Kier alpha value is -1.99. The van der Waals surface area contributed by atoms with Crippen LogP contribution in [0.15, 0.2) is 60.8 Å². The largest absolute Gasteiger partial charge is 0.394 e. The fourth-order valence-electron chi connectivity index (χ4n) is 8.45. The molecule has 5 N–H and O–H groups in total. The highest BCUT2D eigenvalue weighted by Gasteiger charge is 2.28. The lowest BCUT2D eigenvalue weighted by Gasteiger charge is -2.27. The van der Waals surface area contributed by atoms with E-state index in [1.165, 1.54) is 186 Å². The molecule has 0 aliphatic heterocycles. The number of unbranched alkanes of at least 4 members (excludes halogenated alkanes) is 32. The van der Waals surface area contributed by atoms with Crippen LogP contribution in [0.3, 0.4) is 0 Å². The minimum atomic E-state index is -1.29. The van der Waals surface area contributed by atoms with Gasteiger partial charge in [0.05, 0.1) is 18.8 Å². The third-order valence-corrected chi connectivity index (χ3v) is 12.9. The second-order valence-corrected chi connectivity index (χ2v) is 19.3. The fraction of sp³-hybridized carbons (Fsp3) is 0.814.